The molecule has 0 aromatic heterocycles. The molecule has 0 aromatic carbocycles. The first-order valence-corrected chi connectivity index (χ1v) is 42.6. The lowest BCUT2D eigenvalue weighted by Gasteiger charge is -2.28. The first kappa shape index (κ1) is 81.4. The van der Waals surface area contributed by atoms with Crippen LogP contribution in [0.25, 0.3) is 0 Å². The Morgan fingerprint density at radius 1 is 0.0988 bits per heavy atom. The van der Waals surface area contributed by atoms with Crippen molar-refractivity contribution >= 4 is 7.26 Å². The van der Waals surface area contributed by atoms with Crippen LogP contribution in [-0.4, -0.2) is 24.6 Å². The molecule has 0 saturated heterocycles. The molecule has 0 unspecified atom stereocenters. The molecule has 0 bridgehead atoms. The lowest BCUT2D eigenvalue weighted by Crippen LogP contribution is -2.13. The van der Waals surface area contributed by atoms with Crippen LogP contribution in [-0.2, 0) is 0 Å². The van der Waals surface area contributed by atoms with Crippen LogP contribution in [0.4, 0.5) is 0 Å². The summed E-state index contributed by atoms with van der Waals surface area (Å²) in [5.41, 5.74) is 0. The molecule has 0 aliphatic rings. The second kappa shape index (κ2) is 74.7. The Balaban J connectivity index is 4.98. The van der Waals surface area contributed by atoms with Crippen molar-refractivity contribution < 1.29 is 0 Å². The molecule has 0 aromatic rings. The van der Waals surface area contributed by atoms with Crippen molar-refractivity contribution in [1.29, 1.82) is 0 Å². The highest BCUT2D eigenvalue weighted by Gasteiger charge is 2.35. The lowest BCUT2D eigenvalue weighted by atomic mass is 10.0. The summed E-state index contributed by atoms with van der Waals surface area (Å²) in [5, 5.41) is 0. The zero-order valence-electron chi connectivity index (χ0n) is 58.2. The van der Waals surface area contributed by atoms with Gasteiger partial charge in [0.25, 0.3) is 0 Å². The molecule has 0 aliphatic carbocycles. The fraction of sp³-hybridized carbons (Fsp3) is 1.00. The molecule has 0 aliphatic heterocycles. The Morgan fingerprint density at radius 3 is 0.259 bits per heavy atom. The molecule has 0 radical (unpaired) electrons. The SMILES string of the molecule is CCCCCCCCCCCCCCCCCCCC[P+](CCCCCCCCCCCCCCCCCCCC)(CCCCCCCCCCCCCCCCCCCC)CCCCCCCCCCCCCCCCCCCC. The van der Waals surface area contributed by atoms with Crippen LogP contribution in [0.15, 0.2) is 0 Å². The second-order valence-corrected chi connectivity index (χ2v) is 32.7. The second-order valence-electron chi connectivity index (χ2n) is 28.3. The predicted molar refractivity (Wildman–Crippen MR) is 382 cm³/mol. The van der Waals surface area contributed by atoms with Crippen molar-refractivity contribution in [3.8, 4) is 0 Å². The summed E-state index contributed by atoms with van der Waals surface area (Å²) in [6, 6.07) is 0. The largest absolute Gasteiger partial charge is 0.0654 e. The van der Waals surface area contributed by atoms with E-state index in [2.05, 4.69) is 27.7 Å². The maximum atomic E-state index is 2.33. The van der Waals surface area contributed by atoms with Gasteiger partial charge in [-0.25, -0.2) is 0 Å². The van der Waals surface area contributed by atoms with E-state index in [9.17, 15) is 0 Å². The van der Waals surface area contributed by atoms with Gasteiger partial charge in [-0.1, -0.05) is 439 Å². The van der Waals surface area contributed by atoms with Crippen LogP contribution in [0.5, 0.6) is 0 Å². The number of hydrogen-bond acceptors (Lipinski definition) is 0. The zero-order chi connectivity index (χ0) is 58.2. The Kier molecular flexibility index (Phi) is 75.1. The minimum absolute atomic E-state index is 0.861. The highest BCUT2D eigenvalue weighted by molar-refractivity contribution is 7.75. The zero-order valence-corrected chi connectivity index (χ0v) is 59.1. The summed E-state index contributed by atoms with van der Waals surface area (Å²) >= 11 is 0. The molecule has 1 heteroatoms. The van der Waals surface area contributed by atoms with E-state index in [1.54, 1.807) is 50.3 Å². The van der Waals surface area contributed by atoms with Crippen LogP contribution in [0.1, 0.15) is 490 Å². The molecule has 0 atom stereocenters. The van der Waals surface area contributed by atoms with E-state index in [-0.39, 0.29) is 0 Å². The third-order valence-corrected chi connectivity index (χ3v) is 25.0. The van der Waals surface area contributed by atoms with E-state index in [0.717, 1.165) is 0 Å². The standard InChI is InChI=1S/C80H164P/c1-5-9-13-17-21-25-29-33-37-41-45-49-53-57-61-65-69-73-77-81(78-74-70-66-62-58-54-50-46-42-38-34-30-26-22-18-14-10-6-2,79-75-71-67-63-59-55-51-47-43-39-35-31-27-23-19-15-11-7-3)80-76-72-68-64-60-56-52-48-44-40-36-32-28-24-20-16-12-8-4/h5-80H2,1-4H3/q+1. The van der Waals surface area contributed by atoms with Gasteiger partial charge in [0.1, 0.15) is 0 Å². The summed E-state index contributed by atoms with van der Waals surface area (Å²) in [4.78, 5) is 0. The normalized spacial score (nSPS) is 12.0. The summed E-state index contributed by atoms with van der Waals surface area (Å²) in [7, 11) is -0.861. The maximum Gasteiger partial charge on any atom is 0.0594 e. The minimum Gasteiger partial charge on any atom is -0.0654 e. The molecule has 81 heavy (non-hydrogen) atoms. The number of rotatable bonds is 76. The summed E-state index contributed by atoms with van der Waals surface area (Å²) in [5.74, 6) is 0. The summed E-state index contributed by atoms with van der Waals surface area (Å²) < 4.78 is 0. The van der Waals surface area contributed by atoms with Gasteiger partial charge in [0.2, 0.25) is 0 Å². The summed E-state index contributed by atoms with van der Waals surface area (Å²) in [6.07, 6.45) is 114. The van der Waals surface area contributed by atoms with Gasteiger partial charge in [0.15, 0.2) is 0 Å². The molecule has 0 rings (SSSR count). The van der Waals surface area contributed by atoms with Crippen molar-refractivity contribution in [2.75, 3.05) is 24.6 Å². The van der Waals surface area contributed by atoms with E-state index in [1.165, 1.54) is 437 Å². The molecule has 0 spiro atoms. The van der Waals surface area contributed by atoms with E-state index in [4.69, 9.17) is 0 Å². The Hall–Kier alpha value is 0.430. The van der Waals surface area contributed by atoms with E-state index in [1.807, 2.05) is 0 Å². The van der Waals surface area contributed by atoms with Gasteiger partial charge in [0.05, 0.1) is 24.6 Å². The van der Waals surface area contributed by atoms with Gasteiger partial charge < -0.3 is 0 Å². The molecule has 0 N–H and O–H groups in total. The molecule has 0 saturated carbocycles. The topological polar surface area (TPSA) is 0 Å². The Bertz CT molecular complexity index is 883. The Labute approximate surface area is 519 Å². The average molecular weight is 1160 g/mol. The van der Waals surface area contributed by atoms with Crippen LogP contribution >= 0.6 is 7.26 Å². The summed E-state index contributed by atoms with van der Waals surface area (Å²) in [6.45, 7) is 9.33. The van der Waals surface area contributed by atoms with Gasteiger partial charge in [-0.15, -0.1) is 0 Å². The average Bonchev–Trinajstić information content (AvgIpc) is 3.47. The van der Waals surface area contributed by atoms with Gasteiger partial charge in [-0.05, 0) is 51.4 Å². The maximum absolute atomic E-state index is 2.33. The molecule has 0 fully saturated rings. The number of unbranched alkanes of at least 4 members (excludes halogenated alkanes) is 68. The highest BCUT2D eigenvalue weighted by atomic mass is 31.2. The van der Waals surface area contributed by atoms with Gasteiger partial charge in [-0.2, -0.15) is 0 Å². The van der Waals surface area contributed by atoms with Crippen molar-refractivity contribution in [3.63, 3.8) is 0 Å². The van der Waals surface area contributed by atoms with Crippen LogP contribution in [0.3, 0.4) is 0 Å². The van der Waals surface area contributed by atoms with E-state index >= 15 is 0 Å². The minimum atomic E-state index is -0.861. The molecule has 488 valence electrons. The monoisotopic (exact) mass is 1160 g/mol. The third kappa shape index (κ3) is 69.4. The Morgan fingerprint density at radius 2 is 0.173 bits per heavy atom. The van der Waals surface area contributed by atoms with Gasteiger partial charge in [0, 0.05) is 7.26 Å². The third-order valence-electron chi connectivity index (χ3n) is 19.9. The fourth-order valence-electron chi connectivity index (χ4n) is 14.1. The predicted octanol–water partition coefficient (Wildman–Crippen LogP) is 31.2. The number of hydrogen-bond donors (Lipinski definition) is 0. The van der Waals surface area contributed by atoms with Crippen LogP contribution < -0.4 is 0 Å². The fourth-order valence-corrected chi connectivity index (χ4v) is 19.0. The van der Waals surface area contributed by atoms with Crippen molar-refractivity contribution in [3.05, 3.63) is 0 Å². The van der Waals surface area contributed by atoms with E-state index < -0.39 is 7.26 Å². The lowest BCUT2D eigenvalue weighted by molar-refractivity contribution is 0.525. The molecule has 0 amide bonds. The first-order chi connectivity index (χ1) is 40.2. The molecule has 0 nitrogen and oxygen atoms in total. The van der Waals surface area contributed by atoms with E-state index in [0.29, 0.717) is 0 Å². The van der Waals surface area contributed by atoms with Gasteiger partial charge >= 0.3 is 0 Å². The first-order valence-electron chi connectivity index (χ1n) is 40.1. The quantitative estimate of drug-likeness (QED) is 0.0421. The molecular weight excluding hydrogens is 992 g/mol. The molecular formula is C80H164P+. The van der Waals surface area contributed by atoms with Crippen LogP contribution in [0, 0.1) is 0 Å². The van der Waals surface area contributed by atoms with Crippen molar-refractivity contribution in [2.45, 2.75) is 490 Å². The van der Waals surface area contributed by atoms with Crippen molar-refractivity contribution in [1.82, 2.24) is 0 Å². The smallest absolute Gasteiger partial charge is 0.0594 e. The van der Waals surface area contributed by atoms with Crippen LogP contribution in [0.2, 0.25) is 0 Å². The van der Waals surface area contributed by atoms with Crippen molar-refractivity contribution in [2.24, 2.45) is 0 Å². The van der Waals surface area contributed by atoms with Gasteiger partial charge in [-0.3, -0.25) is 0 Å². The highest BCUT2D eigenvalue weighted by Crippen LogP contribution is 2.61. The molecule has 0 heterocycles.